The highest BCUT2D eigenvalue weighted by Gasteiger charge is 2.40. The molecule has 150 valence electrons. The van der Waals surface area contributed by atoms with Crippen molar-refractivity contribution in [2.45, 2.75) is 12.5 Å². The third kappa shape index (κ3) is 2.92. The second-order valence-electron chi connectivity index (χ2n) is 7.66. The number of amides is 1. The topological polar surface area (TPSA) is 86.3 Å². The van der Waals surface area contributed by atoms with Gasteiger partial charge in [0.2, 0.25) is 5.91 Å². The molecule has 0 saturated carbocycles. The molecule has 0 fully saturated rings. The first kappa shape index (κ1) is 18.4. The number of allylic oxidation sites excluding steroid dienone is 2. The van der Waals surface area contributed by atoms with Gasteiger partial charge in [-0.25, -0.2) is 0 Å². The zero-order valence-electron chi connectivity index (χ0n) is 16.2. The van der Waals surface area contributed by atoms with Crippen LogP contribution in [0.15, 0.2) is 73.0 Å². The van der Waals surface area contributed by atoms with Gasteiger partial charge in [0, 0.05) is 29.3 Å². The summed E-state index contributed by atoms with van der Waals surface area (Å²) < 4.78 is 0. The van der Waals surface area contributed by atoms with E-state index in [1.54, 1.807) is 35.4 Å². The molecule has 1 aliphatic carbocycles. The predicted octanol–water partition coefficient (Wildman–Crippen LogP) is 3.48. The Hall–Kier alpha value is -3.67. The van der Waals surface area contributed by atoms with E-state index in [2.05, 4.69) is 16.0 Å². The highest BCUT2D eigenvalue weighted by atomic mass is 16.4. The molecule has 3 aromatic rings. The second-order valence-corrected chi connectivity index (χ2v) is 7.66. The van der Waals surface area contributed by atoms with E-state index in [0.29, 0.717) is 13.0 Å². The molecule has 0 saturated heterocycles. The molecule has 3 atom stereocenters. The third-order valence-corrected chi connectivity index (χ3v) is 5.99. The number of nitrogens with zero attached hydrogens (tertiary/aromatic N) is 2. The first-order valence-corrected chi connectivity index (χ1v) is 10.0. The molecule has 1 amide bonds. The molecular weight excluding hydrogens is 378 g/mol. The van der Waals surface area contributed by atoms with Crippen molar-refractivity contribution in [1.29, 1.82) is 0 Å². The number of hydrogen-bond donors (Lipinski definition) is 2. The summed E-state index contributed by atoms with van der Waals surface area (Å²) in [6, 6.07) is 13.4. The Labute approximate surface area is 173 Å². The number of benzene rings is 1. The van der Waals surface area contributed by atoms with E-state index in [4.69, 9.17) is 0 Å². The number of carboxylic acid groups (broad SMARTS) is 1. The summed E-state index contributed by atoms with van der Waals surface area (Å²) in [5.74, 6) is -2.78. The van der Waals surface area contributed by atoms with Gasteiger partial charge >= 0.3 is 5.97 Å². The highest BCUT2D eigenvalue weighted by Crippen LogP contribution is 2.39. The molecule has 3 unspecified atom stereocenters. The fourth-order valence-electron chi connectivity index (χ4n) is 4.59. The van der Waals surface area contributed by atoms with E-state index in [9.17, 15) is 14.7 Å². The molecular formula is C24H21N3O3. The molecule has 30 heavy (non-hydrogen) atoms. The number of para-hydroxylation sites is 1. The number of carboxylic acids is 1. The minimum atomic E-state index is -0.994. The van der Waals surface area contributed by atoms with Crippen LogP contribution in [0.2, 0.25) is 0 Å². The summed E-state index contributed by atoms with van der Waals surface area (Å²) in [5, 5.41) is 10.8. The highest BCUT2D eigenvalue weighted by molar-refractivity contribution is 5.90. The van der Waals surface area contributed by atoms with Gasteiger partial charge in [0.1, 0.15) is 6.04 Å². The van der Waals surface area contributed by atoms with Crippen LogP contribution in [-0.4, -0.2) is 38.4 Å². The lowest BCUT2D eigenvalue weighted by molar-refractivity contribution is -0.147. The molecule has 2 N–H and O–H groups in total. The molecule has 3 heterocycles. The van der Waals surface area contributed by atoms with Gasteiger partial charge in [-0.3, -0.25) is 14.6 Å². The Morgan fingerprint density at radius 3 is 2.57 bits per heavy atom. The van der Waals surface area contributed by atoms with Gasteiger partial charge in [-0.15, -0.1) is 0 Å². The van der Waals surface area contributed by atoms with Gasteiger partial charge in [0.15, 0.2) is 0 Å². The number of aromatic amines is 1. The van der Waals surface area contributed by atoms with Crippen LogP contribution >= 0.6 is 0 Å². The molecule has 6 heteroatoms. The lowest BCUT2D eigenvalue weighted by Crippen LogP contribution is -2.46. The molecule has 2 aliphatic rings. The summed E-state index contributed by atoms with van der Waals surface area (Å²) in [6.07, 6.45) is 9.13. The molecule has 2 aromatic heterocycles. The Balaban J connectivity index is 1.61. The van der Waals surface area contributed by atoms with Gasteiger partial charge in [-0.2, -0.15) is 0 Å². The van der Waals surface area contributed by atoms with Crippen LogP contribution in [0.25, 0.3) is 10.9 Å². The molecule has 0 bridgehead atoms. The minimum Gasteiger partial charge on any atom is -0.481 e. The number of carbonyl (C=O) groups is 2. The van der Waals surface area contributed by atoms with E-state index in [1.807, 2.05) is 36.4 Å². The molecule has 0 radical (unpaired) electrons. The minimum absolute atomic E-state index is 0.192. The predicted molar refractivity (Wildman–Crippen MR) is 113 cm³/mol. The maximum Gasteiger partial charge on any atom is 0.311 e. The van der Waals surface area contributed by atoms with Crippen LogP contribution in [0.4, 0.5) is 0 Å². The monoisotopic (exact) mass is 399 g/mol. The van der Waals surface area contributed by atoms with Crippen LogP contribution < -0.4 is 0 Å². The van der Waals surface area contributed by atoms with E-state index >= 15 is 0 Å². The van der Waals surface area contributed by atoms with Gasteiger partial charge in [0.05, 0.1) is 17.5 Å². The van der Waals surface area contributed by atoms with E-state index in [-0.39, 0.29) is 11.9 Å². The fraction of sp³-hybridized carbons (Fsp3) is 0.208. The zero-order valence-corrected chi connectivity index (χ0v) is 16.2. The number of rotatable bonds is 3. The maximum absolute atomic E-state index is 13.6. The molecule has 0 spiro atoms. The summed E-state index contributed by atoms with van der Waals surface area (Å²) in [4.78, 5) is 35.2. The number of pyridine rings is 1. The van der Waals surface area contributed by atoms with Crippen LogP contribution in [0.1, 0.15) is 23.0 Å². The van der Waals surface area contributed by atoms with Crippen molar-refractivity contribution >= 4 is 22.8 Å². The fourth-order valence-corrected chi connectivity index (χ4v) is 4.59. The van der Waals surface area contributed by atoms with Crippen molar-refractivity contribution in [2.75, 3.05) is 6.54 Å². The van der Waals surface area contributed by atoms with Crippen molar-refractivity contribution in [1.82, 2.24) is 14.9 Å². The number of aromatic nitrogens is 2. The van der Waals surface area contributed by atoms with Gasteiger partial charge in [-0.05, 0) is 30.2 Å². The van der Waals surface area contributed by atoms with Crippen LogP contribution in [0.5, 0.6) is 0 Å². The summed E-state index contributed by atoms with van der Waals surface area (Å²) in [5.41, 5.74) is 3.94. The largest absolute Gasteiger partial charge is 0.481 e. The van der Waals surface area contributed by atoms with Crippen molar-refractivity contribution in [2.24, 2.45) is 11.8 Å². The summed E-state index contributed by atoms with van der Waals surface area (Å²) in [6.45, 7) is 0.509. The van der Waals surface area contributed by atoms with Crippen LogP contribution in [0, 0.1) is 11.8 Å². The van der Waals surface area contributed by atoms with Crippen molar-refractivity contribution in [3.8, 4) is 0 Å². The SMILES string of the molecule is O=C(O)C1C=CC=CC1C(=O)N1CCc2c([nH]c3ccccc23)C1c1ccccn1. The van der Waals surface area contributed by atoms with Crippen LogP contribution in [-0.2, 0) is 16.0 Å². The van der Waals surface area contributed by atoms with Gasteiger partial charge < -0.3 is 15.0 Å². The maximum atomic E-state index is 13.6. The third-order valence-electron chi connectivity index (χ3n) is 5.99. The Morgan fingerprint density at radius 2 is 1.80 bits per heavy atom. The summed E-state index contributed by atoms with van der Waals surface area (Å²) >= 11 is 0. The molecule has 1 aromatic carbocycles. The number of hydrogen-bond acceptors (Lipinski definition) is 3. The number of fused-ring (bicyclic) bond motifs is 3. The first-order valence-electron chi connectivity index (χ1n) is 10.0. The number of carbonyl (C=O) groups excluding carboxylic acids is 1. The smallest absolute Gasteiger partial charge is 0.311 e. The average molecular weight is 399 g/mol. The normalized spacial score (nSPS) is 22.8. The Morgan fingerprint density at radius 1 is 1.03 bits per heavy atom. The van der Waals surface area contributed by atoms with E-state index in [1.165, 1.54) is 5.56 Å². The Kier molecular flexibility index (Phi) is 4.47. The van der Waals surface area contributed by atoms with E-state index in [0.717, 1.165) is 22.3 Å². The van der Waals surface area contributed by atoms with Crippen molar-refractivity contribution in [3.05, 3.63) is 89.9 Å². The first-order chi connectivity index (χ1) is 14.6. The lowest BCUT2D eigenvalue weighted by Gasteiger charge is -2.38. The second kappa shape index (κ2) is 7.30. The average Bonchev–Trinajstić information content (AvgIpc) is 3.17. The number of nitrogens with one attached hydrogen (secondary N) is 1. The Bertz CT molecular complexity index is 1180. The number of aliphatic carboxylic acids is 1. The molecule has 6 nitrogen and oxygen atoms in total. The van der Waals surface area contributed by atoms with Crippen molar-refractivity contribution in [3.63, 3.8) is 0 Å². The molecule has 5 rings (SSSR count). The zero-order chi connectivity index (χ0) is 20.7. The van der Waals surface area contributed by atoms with Crippen LogP contribution in [0.3, 0.4) is 0 Å². The van der Waals surface area contributed by atoms with Crippen molar-refractivity contribution < 1.29 is 14.7 Å². The van der Waals surface area contributed by atoms with Gasteiger partial charge in [-0.1, -0.05) is 48.6 Å². The van der Waals surface area contributed by atoms with Gasteiger partial charge in [0.25, 0.3) is 0 Å². The quantitative estimate of drug-likeness (QED) is 0.706. The van der Waals surface area contributed by atoms with E-state index < -0.39 is 17.8 Å². The molecule has 1 aliphatic heterocycles. The number of H-pyrrole nitrogens is 1. The standard InChI is InChI=1S/C24H21N3O3/c28-23(17-8-1-2-9-18(17)24(29)30)27-14-12-16-15-7-3-4-10-19(15)26-21(16)22(27)20-11-5-6-13-25-20/h1-11,13,17-18,22,26H,12,14H2,(H,29,30). The lowest BCUT2D eigenvalue weighted by atomic mass is 9.85. The summed E-state index contributed by atoms with van der Waals surface area (Å²) in [7, 11) is 0.